The van der Waals surface area contributed by atoms with E-state index in [-0.39, 0.29) is 5.78 Å². The number of rotatable bonds is 5. The second-order valence-electron chi connectivity index (χ2n) is 4.31. The molecule has 0 aromatic heterocycles. The molecule has 0 radical (unpaired) electrons. The summed E-state index contributed by atoms with van der Waals surface area (Å²) in [5.74, 6) is 0.710. The third-order valence-corrected chi connectivity index (χ3v) is 3.58. The number of ketones is 1. The van der Waals surface area contributed by atoms with Crippen LogP contribution in [0.15, 0.2) is 36.4 Å². The fourth-order valence-corrected chi connectivity index (χ4v) is 2.54. The number of halogens is 1. The summed E-state index contributed by atoms with van der Waals surface area (Å²) >= 11 is 6.35. The van der Waals surface area contributed by atoms with Gasteiger partial charge in [-0.15, -0.1) is 11.6 Å². The van der Waals surface area contributed by atoms with Crippen molar-refractivity contribution in [1.82, 2.24) is 0 Å². The van der Waals surface area contributed by atoms with Gasteiger partial charge in [-0.3, -0.25) is 4.79 Å². The lowest BCUT2D eigenvalue weighted by molar-refractivity contribution is -0.118. The summed E-state index contributed by atoms with van der Waals surface area (Å²) < 4.78 is 5.62. The Morgan fingerprint density at radius 1 is 1.21 bits per heavy atom. The van der Waals surface area contributed by atoms with Gasteiger partial charge in [-0.2, -0.15) is 0 Å². The predicted molar refractivity (Wildman–Crippen MR) is 79.0 cm³/mol. The normalized spacial score (nSPS) is 12.4. The van der Waals surface area contributed by atoms with Crippen molar-refractivity contribution in [3.05, 3.63) is 42.0 Å². The Hall–Kier alpha value is -1.54. The SMILES string of the molecule is CCOc1ccc2ccccc2c1C(Cl)C(=O)CC. The Bertz CT molecular complexity index is 592. The molecule has 0 amide bonds. The van der Waals surface area contributed by atoms with E-state index in [1.54, 1.807) is 0 Å². The lowest BCUT2D eigenvalue weighted by atomic mass is 9.98. The van der Waals surface area contributed by atoms with E-state index in [1.165, 1.54) is 0 Å². The molecule has 2 aromatic rings. The van der Waals surface area contributed by atoms with Crippen LogP contribution in [0.25, 0.3) is 10.8 Å². The largest absolute Gasteiger partial charge is 0.494 e. The minimum atomic E-state index is -0.655. The Labute approximate surface area is 118 Å². The van der Waals surface area contributed by atoms with Gasteiger partial charge in [0, 0.05) is 12.0 Å². The molecule has 2 rings (SSSR count). The molecule has 0 saturated carbocycles. The summed E-state index contributed by atoms with van der Waals surface area (Å²) in [6.45, 7) is 4.29. The minimum absolute atomic E-state index is 0.0129. The van der Waals surface area contributed by atoms with Gasteiger partial charge in [-0.1, -0.05) is 37.3 Å². The lowest BCUT2D eigenvalue weighted by Gasteiger charge is -2.16. The van der Waals surface area contributed by atoms with Crippen molar-refractivity contribution >= 4 is 28.2 Å². The van der Waals surface area contributed by atoms with Crippen molar-refractivity contribution < 1.29 is 9.53 Å². The van der Waals surface area contributed by atoms with E-state index in [0.29, 0.717) is 18.8 Å². The van der Waals surface area contributed by atoms with Crippen LogP contribution >= 0.6 is 11.6 Å². The number of benzene rings is 2. The van der Waals surface area contributed by atoms with Crippen molar-refractivity contribution in [2.24, 2.45) is 0 Å². The molecule has 0 aliphatic rings. The summed E-state index contributed by atoms with van der Waals surface area (Å²) in [6.07, 6.45) is 0.420. The highest BCUT2D eigenvalue weighted by Crippen LogP contribution is 2.37. The highest BCUT2D eigenvalue weighted by atomic mass is 35.5. The van der Waals surface area contributed by atoms with Gasteiger partial charge < -0.3 is 4.74 Å². The Kier molecular flexibility index (Phi) is 4.43. The number of ether oxygens (including phenoxy) is 1. The number of alkyl halides is 1. The first-order chi connectivity index (χ1) is 9.19. The van der Waals surface area contributed by atoms with Gasteiger partial charge in [-0.25, -0.2) is 0 Å². The Morgan fingerprint density at radius 3 is 2.63 bits per heavy atom. The van der Waals surface area contributed by atoms with Gasteiger partial charge in [0.05, 0.1) is 6.61 Å². The zero-order chi connectivity index (χ0) is 13.8. The smallest absolute Gasteiger partial charge is 0.155 e. The molecule has 1 atom stereocenters. The first-order valence-electron chi connectivity index (χ1n) is 6.50. The third-order valence-electron chi connectivity index (χ3n) is 3.12. The van der Waals surface area contributed by atoms with Gasteiger partial charge in [0.1, 0.15) is 11.1 Å². The molecule has 2 aromatic carbocycles. The van der Waals surface area contributed by atoms with Gasteiger partial charge >= 0.3 is 0 Å². The first kappa shape index (κ1) is 13.9. The standard InChI is InChI=1S/C16H17ClO2/c1-3-13(18)16(17)15-12-8-6-5-7-11(12)9-10-14(15)19-4-2/h5-10,16H,3-4H2,1-2H3. The van der Waals surface area contributed by atoms with Crippen molar-refractivity contribution in [3.63, 3.8) is 0 Å². The number of fused-ring (bicyclic) bond motifs is 1. The quantitative estimate of drug-likeness (QED) is 0.752. The van der Waals surface area contributed by atoms with Crippen LogP contribution in [0.4, 0.5) is 0 Å². The number of Topliss-reactive ketones (excluding diaryl/α,β-unsaturated/α-hetero) is 1. The zero-order valence-electron chi connectivity index (χ0n) is 11.2. The number of hydrogen-bond donors (Lipinski definition) is 0. The van der Waals surface area contributed by atoms with Crippen molar-refractivity contribution in [2.75, 3.05) is 6.61 Å². The van der Waals surface area contributed by atoms with Gasteiger partial charge in [0.25, 0.3) is 0 Å². The van der Waals surface area contributed by atoms with E-state index in [0.717, 1.165) is 16.3 Å². The summed E-state index contributed by atoms with van der Waals surface area (Å²) in [6, 6.07) is 11.8. The van der Waals surface area contributed by atoms with Crippen LogP contribution in [0.2, 0.25) is 0 Å². The highest BCUT2D eigenvalue weighted by Gasteiger charge is 2.22. The fraction of sp³-hybridized carbons (Fsp3) is 0.312. The molecule has 3 heteroatoms. The van der Waals surface area contributed by atoms with Crippen LogP contribution in [0.5, 0.6) is 5.75 Å². The molecule has 0 N–H and O–H groups in total. The summed E-state index contributed by atoms with van der Waals surface area (Å²) in [4.78, 5) is 11.9. The maximum absolute atomic E-state index is 11.9. The molecule has 100 valence electrons. The van der Waals surface area contributed by atoms with Crippen LogP contribution in [-0.2, 0) is 4.79 Å². The number of hydrogen-bond acceptors (Lipinski definition) is 2. The topological polar surface area (TPSA) is 26.3 Å². The van der Waals surface area contributed by atoms with Gasteiger partial charge in [0.2, 0.25) is 0 Å². The van der Waals surface area contributed by atoms with Crippen LogP contribution < -0.4 is 4.74 Å². The van der Waals surface area contributed by atoms with Crippen molar-refractivity contribution in [1.29, 1.82) is 0 Å². The van der Waals surface area contributed by atoms with E-state index < -0.39 is 5.38 Å². The van der Waals surface area contributed by atoms with E-state index >= 15 is 0 Å². The average Bonchev–Trinajstić information content (AvgIpc) is 2.45. The third kappa shape index (κ3) is 2.74. The first-order valence-corrected chi connectivity index (χ1v) is 6.93. The van der Waals surface area contributed by atoms with Crippen LogP contribution in [0.3, 0.4) is 0 Å². The second kappa shape index (κ2) is 6.07. The Morgan fingerprint density at radius 2 is 1.95 bits per heavy atom. The van der Waals surface area contributed by atoms with Crippen LogP contribution in [0.1, 0.15) is 31.2 Å². The second-order valence-corrected chi connectivity index (χ2v) is 4.75. The summed E-state index contributed by atoms with van der Waals surface area (Å²) in [5, 5.41) is 1.39. The van der Waals surface area contributed by atoms with Gasteiger partial charge in [-0.05, 0) is 23.8 Å². The highest BCUT2D eigenvalue weighted by molar-refractivity contribution is 6.32. The summed E-state index contributed by atoms with van der Waals surface area (Å²) in [5.41, 5.74) is 0.786. The van der Waals surface area contributed by atoms with Crippen molar-refractivity contribution in [2.45, 2.75) is 25.6 Å². The average molecular weight is 277 g/mol. The van der Waals surface area contributed by atoms with E-state index in [1.807, 2.05) is 50.2 Å². The minimum Gasteiger partial charge on any atom is -0.494 e. The molecule has 0 aliphatic heterocycles. The van der Waals surface area contributed by atoms with Crippen LogP contribution in [0, 0.1) is 0 Å². The maximum atomic E-state index is 11.9. The predicted octanol–water partition coefficient (Wildman–Crippen LogP) is 4.50. The monoisotopic (exact) mass is 276 g/mol. The molecule has 0 heterocycles. The fourth-order valence-electron chi connectivity index (χ4n) is 2.16. The van der Waals surface area contributed by atoms with Gasteiger partial charge in [0.15, 0.2) is 5.78 Å². The molecule has 1 unspecified atom stereocenters. The zero-order valence-corrected chi connectivity index (χ0v) is 11.9. The lowest BCUT2D eigenvalue weighted by Crippen LogP contribution is -2.08. The molecular formula is C16H17ClO2. The summed E-state index contributed by atoms with van der Waals surface area (Å²) in [7, 11) is 0. The number of carbonyl (C=O) groups excluding carboxylic acids is 1. The molecule has 0 spiro atoms. The molecule has 0 aliphatic carbocycles. The van der Waals surface area contributed by atoms with Crippen LogP contribution in [-0.4, -0.2) is 12.4 Å². The van der Waals surface area contributed by atoms with E-state index in [4.69, 9.17) is 16.3 Å². The number of carbonyl (C=O) groups is 1. The molecular weight excluding hydrogens is 260 g/mol. The molecule has 0 bridgehead atoms. The van der Waals surface area contributed by atoms with E-state index in [2.05, 4.69) is 0 Å². The maximum Gasteiger partial charge on any atom is 0.155 e. The van der Waals surface area contributed by atoms with E-state index in [9.17, 15) is 4.79 Å². The van der Waals surface area contributed by atoms with Crippen molar-refractivity contribution in [3.8, 4) is 5.75 Å². The molecule has 19 heavy (non-hydrogen) atoms. The molecule has 2 nitrogen and oxygen atoms in total. The Balaban J connectivity index is 2.64. The molecule has 0 saturated heterocycles. The molecule has 0 fully saturated rings.